The van der Waals surface area contributed by atoms with Gasteiger partial charge in [0, 0.05) is 12.6 Å². The van der Waals surface area contributed by atoms with Gasteiger partial charge in [0.1, 0.15) is 0 Å². The lowest BCUT2D eigenvalue weighted by molar-refractivity contribution is -0.137. The minimum Gasteiger partial charge on any atom is -0.481 e. The van der Waals surface area contributed by atoms with E-state index >= 15 is 0 Å². The molecule has 2 N–H and O–H groups in total. The van der Waals surface area contributed by atoms with Gasteiger partial charge in [0.15, 0.2) is 0 Å². The van der Waals surface area contributed by atoms with Crippen LogP contribution >= 0.6 is 0 Å². The smallest absolute Gasteiger partial charge is 0.421 e. The molecule has 1 aliphatic rings. The third kappa shape index (κ3) is 3.84. The molecule has 104 valence electrons. The number of nitrogens with one attached hydrogen (secondary N) is 1. The topological polar surface area (TPSA) is 113 Å². The average Bonchev–Trinajstić information content (AvgIpc) is 2.64. The first-order chi connectivity index (χ1) is 8.36. The van der Waals surface area contributed by atoms with Gasteiger partial charge in [0.25, 0.3) is 0 Å². The minimum absolute atomic E-state index is 0.0555. The van der Waals surface area contributed by atoms with Crippen molar-refractivity contribution in [3.63, 3.8) is 0 Å². The molecule has 1 rings (SSSR count). The fourth-order valence-corrected chi connectivity index (χ4v) is 3.18. The Kier molecular flexibility index (Phi) is 4.91. The van der Waals surface area contributed by atoms with Crippen LogP contribution in [0, 0.1) is 0 Å². The fraction of sp³-hybridized carbons (Fsp3) is 0.778. The van der Waals surface area contributed by atoms with Gasteiger partial charge in [-0.2, -0.15) is 12.7 Å². The lowest BCUT2D eigenvalue weighted by Gasteiger charge is -2.22. The Morgan fingerprint density at radius 1 is 1.50 bits per heavy atom. The van der Waals surface area contributed by atoms with Crippen molar-refractivity contribution in [3.05, 3.63) is 0 Å². The normalized spacial score (nSPS) is 20.6. The number of aliphatic carboxylic acids is 1. The summed E-state index contributed by atoms with van der Waals surface area (Å²) in [5, 5.41) is 8.69. The predicted octanol–water partition coefficient (Wildman–Crippen LogP) is -0.0836. The Balaban J connectivity index is 2.71. The molecular weight excluding hydrogens is 264 g/mol. The van der Waals surface area contributed by atoms with Crippen molar-refractivity contribution in [1.82, 2.24) is 9.03 Å². The van der Waals surface area contributed by atoms with Gasteiger partial charge in [-0.1, -0.05) is 0 Å². The molecule has 1 aliphatic heterocycles. The molecule has 8 nitrogen and oxygen atoms in total. The number of ether oxygens (including phenoxy) is 1. The average molecular weight is 280 g/mol. The molecule has 0 aromatic carbocycles. The summed E-state index contributed by atoms with van der Waals surface area (Å²) < 4.78 is 30.9. The van der Waals surface area contributed by atoms with Crippen LogP contribution in [0.15, 0.2) is 0 Å². The van der Waals surface area contributed by atoms with Crippen LogP contribution in [-0.4, -0.2) is 49.1 Å². The van der Waals surface area contributed by atoms with Crippen LogP contribution in [0.4, 0.5) is 4.79 Å². The molecule has 1 saturated heterocycles. The standard InChI is InChI=1S/C9H16N2O6S/c1-2-17-9(14)10-18(15,16)11-5-3-4-7(11)6-8(12)13/h7H,2-6H2,1H3,(H,10,14)(H,12,13). The molecule has 0 bridgehead atoms. The van der Waals surface area contributed by atoms with Crippen LogP contribution < -0.4 is 4.72 Å². The molecule has 0 spiro atoms. The van der Waals surface area contributed by atoms with E-state index in [-0.39, 0.29) is 19.6 Å². The first-order valence-electron chi connectivity index (χ1n) is 5.55. The number of hydrogen-bond acceptors (Lipinski definition) is 5. The SMILES string of the molecule is CCOC(=O)NS(=O)(=O)N1CCCC1CC(=O)O. The van der Waals surface area contributed by atoms with Crippen LogP contribution in [0.2, 0.25) is 0 Å². The molecular formula is C9H16N2O6S. The van der Waals surface area contributed by atoms with Crippen molar-refractivity contribution in [3.8, 4) is 0 Å². The summed E-state index contributed by atoms with van der Waals surface area (Å²) in [7, 11) is -4.03. The zero-order valence-electron chi connectivity index (χ0n) is 9.96. The van der Waals surface area contributed by atoms with Crippen molar-refractivity contribution in [2.45, 2.75) is 32.2 Å². The monoisotopic (exact) mass is 280 g/mol. The first kappa shape index (κ1) is 14.7. The van der Waals surface area contributed by atoms with Gasteiger partial charge in [0.2, 0.25) is 0 Å². The van der Waals surface area contributed by atoms with Gasteiger partial charge in [0.05, 0.1) is 13.0 Å². The summed E-state index contributed by atoms with van der Waals surface area (Å²) in [5.41, 5.74) is 0. The summed E-state index contributed by atoms with van der Waals surface area (Å²) in [4.78, 5) is 21.7. The number of nitrogens with zero attached hydrogens (tertiary/aromatic N) is 1. The van der Waals surface area contributed by atoms with E-state index in [4.69, 9.17) is 5.11 Å². The Labute approximate surface area is 105 Å². The van der Waals surface area contributed by atoms with E-state index in [1.165, 1.54) is 0 Å². The molecule has 1 amide bonds. The van der Waals surface area contributed by atoms with Crippen LogP contribution in [-0.2, 0) is 19.7 Å². The molecule has 9 heteroatoms. The Bertz CT molecular complexity index is 421. The second-order valence-corrected chi connectivity index (χ2v) is 5.46. The second kappa shape index (κ2) is 6.01. The van der Waals surface area contributed by atoms with Crippen LogP contribution in [0.1, 0.15) is 26.2 Å². The van der Waals surface area contributed by atoms with E-state index in [2.05, 4.69) is 4.74 Å². The van der Waals surface area contributed by atoms with Crippen molar-refractivity contribution in [2.75, 3.05) is 13.2 Å². The number of amides is 1. The van der Waals surface area contributed by atoms with Crippen LogP contribution in [0.3, 0.4) is 0 Å². The molecule has 18 heavy (non-hydrogen) atoms. The first-order valence-corrected chi connectivity index (χ1v) is 6.99. The maximum atomic E-state index is 11.8. The highest BCUT2D eigenvalue weighted by atomic mass is 32.2. The zero-order chi connectivity index (χ0) is 13.8. The van der Waals surface area contributed by atoms with Crippen molar-refractivity contribution >= 4 is 22.3 Å². The van der Waals surface area contributed by atoms with Gasteiger partial charge in [-0.05, 0) is 19.8 Å². The van der Waals surface area contributed by atoms with Gasteiger partial charge in [-0.3, -0.25) is 4.79 Å². The quantitative estimate of drug-likeness (QED) is 0.728. The highest BCUT2D eigenvalue weighted by molar-refractivity contribution is 7.87. The lowest BCUT2D eigenvalue weighted by atomic mass is 10.2. The number of carbonyl (C=O) groups excluding carboxylic acids is 1. The summed E-state index contributed by atoms with van der Waals surface area (Å²) >= 11 is 0. The minimum atomic E-state index is -4.03. The van der Waals surface area contributed by atoms with E-state index < -0.39 is 28.3 Å². The van der Waals surface area contributed by atoms with Crippen molar-refractivity contribution in [2.24, 2.45) is 0 Å². The van der Waals surface area contributed by atoms with E-state index in [9.17, 15) is 18.0 Å². The molecule has 1 heterocycles. The Morgan fingerprint density at radius 2 is 2.17 bits per heavy atom. The largest absolute Gasteiger partial charge is 0.481 e. The summed E-state index contributed by atoms with van der Waals surface area (Å²) in [5.74, 6) is -1.07. The lowest BCUT2D eigenvalue weighted by Crippen LogP contribution is -2.46. The second-order valence-electron chi connectivity index (χ2n) is 3.83. The van der Waals surface area contributed by atoms with Gasteiger partial charge in [-0.15, -0.1) is 0 Å². The third-order valence-electron chi connectivity index (χ3n) is 2.53. The Hall–Kier alpha value is -1.35. The highest BCUT2D eigenvalue weighted by Crippen LogP contribution is 2.22. The predicted molar refractivity (Wildman–Crippen MR) is 61.1 cm³/mol. The van der Waals surface area contributed by atoms with Crippen molar-refractivity contribution < 1.29 is 27.9 Å². The number of carboxylic acid groups (broad SMARTS) is 1. The van der Waals surface area contributed by atoms with Crippen LogP contribution in [0.5, 0.6) is 0 Å². The maximum absolute atomic E-state index is 11.8. The Morgan fingerprint density at radius 3 is 2.72 bits per heavy atom. The van der Waals surface area contributed by atoms with E-state index in [1.807, 2.05) is 0 Å². The fourth-order valence-electron chi connectivity index (χ4n) is 1.86. The molecule has 0 aromatic heterocycles. The molecule has 1 fully saturated rings. The molecule has 0 saturated carbocycles. The van der Waals surface area contributed by atoms with E-state index in [0.717, 1.165) is 4.31 Å². The molecule has 1 atom stereocenters. The van der Waals surface area contributed by atoms with Gasteiger partial charge in [-0.25, -0.2) is 9.52 Å². The summed E-state index contributed by atoms with van der Waals surface area (Å²) in [6, 6.07) is -0.616. The van der Waals surface area contributed by atoms with E-state index in [0.29, 0.717) is 12.8 Å². The maximum Gasteiger partial charge on any atom is 0.421 e. The van der Waals surface area contributed by atoms with Crippen LogP contribution in [0.25, 0.3) is 0 Å². The molecule has 0 radical (unpaired) electrons. The highest BCUT2D eigenvalue weighted by Gasteiger charge is 2.36. The zero-order valence-corrected chi connectivity index (χ0v) is 10.8. The van der Waals surface area contributed by atoms with Gasteiger partial charge < -0.3 is 9.84 Å². The number of hydrogen-bond donors (Lipinski definition) is 2. The molecule has 1 unspecified atom stereocenters. The van der Waals surface area contributed by atoms with Gasteiger partial charge >= 0.3 is 22.3 Å². The number of rotatable bonds is 5. The molecule has 0 aliphatic carbocycles. The number of carbonyl (C=O) groups is 2. The number of carboxylic acids is 1. The summed E-state index contributed by atoms with van der Waals surface area (Å²) in [6.07, 6.45) is -0.292. The summed E-state index contributed by atoms with van der Waals surface area (Å²) in [6.45, 7) is 1.81. The van der Waals surface area contributed by atoms with Crippen molar-refractivity contribution in [1.29, 1.82) is 0 Å². The van der Waals surface area contributed by atoms with E-state index in [1.54, 1.807) is 11.6 Å². The molecule has 0 aromatic rings. The third-order valence-corrected chi connectivity index (χ3v) is 4.05.